The Morgan fingerprint density at radius 2 is 2.32 bits per heavy atom. The smallest absolute Gasteiger partial charge is 0.281 e. The Labute approximate surface area is 108 Å². The Morgan fingerprint density at radius 3 is 3.00 bits per heavy atom. The fourth-order valence-electron chi connectivity index (χ4n) is 2.29. The number of aliphatic imine (C=N–C) groups is 3. The summed E-state index contributed by atoms with van der Waals surface area (Å²) in [6, 6.07) is -0.791. The van der Waals surface area contributed by atoms with Crippen LogP contribution < -0.4 is 5.73 Å². The Balaban J connectivity index is 1.82. The monoisotopic (exact) mass is 267 g/mol. The molecule has 9 heteroatoms. The van der Waals surface area contributed by atoms with Crippen LogP contribution in [-0.2, 0) is 9.53 Å². The fraction of sp³-hybridized carbons (Fsp3) is 0.600. The first-order valence-electron chi connectivity index (χ1n) is 5.82. The average Bonchev–Trinajstić information content (AvgIpc) is 2.92. The van der Waals surface area contributed by atoms with E-state index in [1.165, 1.54) is 6.34 Å². The minimum atomic E-state index is -0.791. The first-order valence-corrected chi connectivity index (χ1v) is 5.82. The van der Waals surface area contributed by atoms with Gasteiger partial charge in [0, 0.05) is 6.42 Å². The van der Waals surface area contributed by atoms with E-state index >= 15 is 0 Å². The number of nitrogens with zero attached hydrogens (tertiary/aromatic N) is 4. The Bertz CT molecular complexity index is 502. The van der Waals surface area contributed by atoms with E-state index in [1.807, 2.05) is 0 Å². The molecule has 0 radical (unpaired) electrons. The molecule has 0 aromatic heterocycles. The summed E-state index contributed by atoms with van der Waals surface area (Å²) in [6.07, 6.45) is -0.240. The van der Waals surface area contributed by atoms with Gasteiger partial charge in [0.05, 0.1) is 19.0 Å². The first-order chi connectivity index (χ1) is 9.10. The lowest BCUT2D eigenvalue weighted by atomic mass is 10.2. The zero-order chi connectivity index (χ0) is 13.6. The van der Waals surface area contributed by atoms with Gasteiger partial charge in [-0.05, 0) is 0 Å². The van der Waals surface area contributed by atoms with Crippen molar-refractivity contribution in [3.05, 3.63) is 0 Å². The highest BCUT2D eigenvalue weighted by Crippen LogP contribution is 2.26. The van der Waals surface area contributed by atoms with Gasteiger partial charge in [-0.15, -0.1) is 0 Å². The second-order valence-corrected chi connectivity index (χ2v) is 4.47. The molecule has 9 nitrogen and oxygen atoms in total. The van der Waals surface area contributed by atoms with Crippen LogP contribution in [0.1, 0.15) is 6.42 Å². The fourth-order valence-corrected chi connectivity index (χ4v) is 2.29. The number of guanidine groups is 1. The maximum atomic E-state index is 11.6. The van der Waals surface area contributed by atoms with Crippen molar-refractivity contribution in [2.24, 2.45) is 20.7 Å². The van der Waals surface area contributed by atoms with Crippen LogP contribution in [0.2, 0.25) is 0 Å². The number of carbonyl (C=O) groups is 1. The van der Waals surface area contributed by atoms with Crippen LogP contribution in [0.5, 0.6) is 0 Å². The zero-order valence-electron chi connectivity index (χ0n) is 9.88. The van der Waals surface area contributed by atoms with Crippen molar-refractivity contribution >= 4 is 24.0 Å². The summed E-state index contributed by atoms with van der Waals surface area (Å²) in [4.78, 5) is 24.7. The molecule has 3 aliphatic rings. The second kappa shape index (κ2) is 4.37. The molecule has 0 spiro atoms. The van der Waals surface area contributed by atoms with Crippen molar-refractivity contribution in [1.29, 1.82) is 0 Å². The van der Waals surface area contributed by atoms with Gasteiger partial charge in [0.25, 0.3) is 5.91 Å². The molecule has 3 aliphatic heterocycles. The zero-order valence-corrected chi connectivity index (χ0v) is 9.88. The summed E-state index contributed by atoms with van der Waals surface area (Å²) in [5.74, 6) is -0.254. The Morgan fingerprint density at radius 1 is 1.53 bits per heavy atom. The first kappa shape index (κ1) is 12.2. The molecule has 4 N–H and O–H groups in total. The van der Waals surface area contributed by atoms with E-state index in [4.69, 9.17) is 15.6 Å². The number of amidine groups is 1. The van der Waals surface area contributed by atoms with E-state index in [-0.39, 0.29) is 19.0 Å². The highest BCUT2D eigenvalue weighted by Gasteiger charge is 2.43. The van der Waals surface area contributed by atoms with Crippen LogP contribution in [0.3, 0.4) is 0 Å². The third kappa shape index (κ3) is 1.91. The van der Waals surface area contributed by atoms with E-state index < -0.39 is 30.4 Å². The third-order valence-corrected chi connectivity index (χ3v) is 3.23. The number of ether oxygens (including phenoxy) is 1. The van der Waals surface area contributed by atoms with Gasteiger partial charge < -0.3 is 20.7 Å². The summed E-state index contributed by atoms with van der Waals surface area (Å²) in [6.45, 7) is -0.277. The summed E-state index contributed by atoms with van der Waals surface area (Å²) in [7, 11) is 0. The van der Waals surface area contributed by atoms with Crippen LogP contribution in [0.25, 0.3) is 0 Å². The highest BCUT2D eigenvalue weighted by atomic mass is 16.5. The number of aliphatic hydroxyl groups excluding tert-OH is 2. The van der Waals surface area contributed by atoms with Crippen molar-refractivity contribution < 1.29 is 19.7 Å². The van der Waals surface area contributed by atoms with Crippen LogP contribution >= 0.6 is 0 Å². The molecule has 1 amide bonds. The minimum Gasteiger partial charge on any atom is -0.394 e. The predicted octanol–water partition coefficient (Wildman–Crippen LogP) is -2.58. The van der Waals surface area contributed by atoms with Gasteiger partial charge in [-0.2, -0.15) is 9.98 Å². The largest absolute Gasteiger partial charge is 0.394 e. The van der Waals surface area contributed by atoms with E-state index in [1.54, 1.807) is 4.90 Å². The topological polar surface area (TPSA) is 133 Å². The molecule has 1 fully saturated rings. The van der Waals surface area contributed by atoms with Crippen molar-refractivity contribution in [2.75, 3.05) is 6.61 Å². The molecule has 0 bridgehead atoms. The molecule has 3 rings (SSSR count). The molecular formula is C10H13N5O4. The molecule has 0 aromatic rings. The number of hydrogen-bond donors (Lipinski definition) is 3. The predicted molar refractivity (Wildman–Crippen MR) is 64.6 cm³/mol. The lowest BCUT2D eigenvalue weighted by Crippen LogP contribution is -2.44. The maximum absolute atomic E-state index is 11.6. The number of aliphatic hydroxyl groups is 2. The van der Waals surface area contributed by atoms with Gasteiger partial charge in [-0.25, -0.2) is 0 Å². The molecule has 0 aliphatic carbocycles. The maximum Gasteiger partial charge on any atom is 0.281 e. The molecular weight excluding hydrogens is 254 g/mol. The van der Waals surface area contributed by atoms with Gasteiger partial charge >= 0.3 is 0 Å². The normalized spacial score (nSPS) is 37.4. The van der Waals surface area contributed by atoms with E-state index in [2.05, 4.69) is 15.0 Å². The Kier molecular flexibility index (Phi) is 2.81. The van der Waals surface area contributed by atoms with Gasteiger partial charge in [0.1, 0.15) is 12.3 Å². The van der Waals surface area contributed by atoms with Gasteiger partial charge in [0.15, 0.2) is 11.9 Å². The molecule has 0 aromatic carbocycles. The molecule has 0 saturated carbocycles. The van der Waals surface area contributed by atoms with Crippen molar-refractivity contribution in [1.82, 2.24) is 4.90 Å². The van der Waals surface area contributed by atoms with Crippen molar-refractivity contribution in [3.63, 3.8) is 0 Å². The molecule has 3 heterocycles. The lowest BCUT2D eigenvalue weighted by molar-refractivity contribution is -0.117. The number of carbonyl (C=O) groups excluding carboxylic acids is 1. The van der Waals surface area contributed by atoms with Crippen molar-refractivity contribution in [2.45, 2.75) is 30.9 Å². The number of hydrogen-bond acceptors (Lipinski definition) is 8. The molecule has 1 saturated heterocycles. The average molecular weight is 267 g/mol. The lowest BCUT2D eigenvalue weighted by Gasteiger charge is -2.25. The van der Waals surface area contributed by atoms with Crippen LogP contribution in [0.4, 0.5) is 0 Å². The van der Waals surface area contributed by atoms with Gasteiger partial charge in [-0.1, -0.05) is 0 Å². The van der Waals surface area contributed by atoms with E-state index in [9.17, 15) is 9.90 Å². The molecule has 4 atom stereocenters. The second-order valence-electron chi connectivity index (χ2n) is 4.47. The number of fused-ring (bicyclic) bond motifs is 1. The number of amides is 1. The van der Waals surface area contributed by atoms with Crippen LogP contribution in [-0.4, -0.2) is 70.2 Å². The Hall–Kier alpha value is -1.84. The molecule has 19 heavy (non-hydrogen) atoms. The van der Waals surface area contributed by atoms with Crippen molar-refractivity contribution in [3.8, 4) is 0 Å². The van der Waals surface area contributed by atoms with E-state index in [0.717, 1.165) is 0 Å². The summed E-state index contributed by atoms with van der Waals surface area (Å²) in [5.41, 5.74) is 5.45. The highest BCUT2D eigenvalue weighted by molar-refractivity contribution is 6.21. The summed E-state index contributed by atoms with van der Waals surface area (Å²) < 4.78 is 5.49. The molecule has 102 valence electrons. The molecule has 1 unspecified atom stereocenters. The van der Waals surface area contributed by atoms with E-state index in [0.29, 0.717) is 5.84 Å². The summed E-state index contributed by atoms with van der Waals surface area (Å²) in [5, 5.41) is 18.8. The SMILES string of the molecule is NC1=NC(=O)C2N=CN([C@H]3C[C@H](O)[C@@H](CO)O3)C2=N1. The third-order valence-electron chi connectivity index (χ3n) is 3.23. The minimum absolute atomic E-state index is 0.121. The number of nitrogens with two attached hydrogens (primary N) is 1. The standard InChI is InChI=1S/C10H13N5O4/c11-10-13-8-7(9(18)14-10)12-3-15(8)6-1-4(17)5(2-16)19-6/h3-7,16-17H,1-2H2,(H2,11,14,18)/t4-,5+,6+,7?/m0/s1. The van der Waals surface area contributed by atoms with Crippen LogP contribution in [0.15, 0.2) is 15.0 Å². The van der Waals surface area contributed by atoms with Gasteiger partial charge in [-0.3, -0.25) is 14.7 Å². The van der Waals surface area contributed by atoms with Crippen LogP contribution in [0, 0.1) is 0 Å². The quantitative estimate of drug-likeness (QED) is 0.503. The number of rotatable bonds is 2. The van der Waals surface area contributed by atoms with Gasteiger partial charge in [0.2, 0.25) is 5.96 Å². The summed E-state index contributed by atoms with van der Waals surface area (Å²) >= 11 is 0.